The smallest absolute Gasteiger partial charge is 0.0725 e. The maximum absolute atomic E-state index is 5.60. The molecule has 3 heteroatoms. The van der Waals surface area contributed by atoms with Gasteiger partial charge in [0.25, 0.3) is 0 Å². The third kappa shape index (κ3) is 2.61. The average molecular weight is 233 g/mol. The van der Waals surface area contributed by atoms with Crippen molar-refractivity contribution >= 4 is 5.69 Å². The van der Waals surface area contributed by atoms with Crippen LogP contribution in [0.5, 0.6) is 0 Å². The van der Waals surface area contributed by atoms with Gasteiger partial charge < -0.3 is 14.8 Å². The summed E-state index contributed by atoms with van der Waals surface area (Å²) in [7, 11) is 0. The third-order valence-corrected chi connectivity index (χ3v) is 3.54. The van der Waals surface area contributed by atoms with E-state index in [0.29, 0.717) is 6.10 Å². The lowest BCUT2D eigenvalue weighted by atomic mass is 10.1. The van der Waals surface area contributed by atoms with Crippen LogP contribution in [-0.4, -0.2) is 19.3 Å². The Morgan fingerprint density at radius 3 is 3.06 bits per heavy atom. The zero-order valence-corrected chi connectivity index (χ0v) is 10.1. The van der Waals surface area contributed by atoms with Crippen LogP contribution in [0.4, 0.5) is 5.69 Å². The Morgan fingerprint density at radius 1 is 1.24 bits per heavy atom. The normalized spacial score (nSPS) is 22.7. The van der Waals surface area contributed by atoms with Crippen molar-refractivity contribution in [2.24, 2.45) is 0 Å². The fourth-order valence-electron chi connectivity index (χ4n) is 2.53. The van der Waals surface area contributed by atoms with E-state index in [0.717, 1.165) is 32.8 Å². The standard InChI is InChI=1S/C14H19NO2/c1-2-14(17-7-1)5-6-15-13-4-3-11-9-16-10-12(11)8-13/h3-4,8,14-15H,1-2,5-7,9-10H2. The van der Waals surface area contributed by atoms with Gasteiger partial charge in [-0.25, -0.2) is 0 Å². The molecule has 17 heavy (non-hydrogen) atoms. The number of ether oxygens (including phenoxy) is 2. The minimum absolute atomic E-state index is 0.472. The van der Waals surface area contributed by atoms with Crippen molar-refractivity contribution < 1.29 is 9.47 Å². The molecular formula is C14H19NO2. The summed E-state index contributed by atoms with van der Waals surface area (Å²) in [4.78, 5) is 0. The van der Waals surface area contributed by atoms with E-state index in [2.05, 4.69) is 23.5 Å². The highest BCUT2D eigenvalue weighted by Gasteiger charge is 2.15. The molecule has 0 aliphatic carbocycles. The molecule has 0 spiro atoms. The van der Waals surface area contributed by atoms with Gasteiger partial charge in [0.1, 0.15) is 0 Å². The minimum atomic E-state index is 0.472. The van der Waals surface area contributed by atoms with Crippen LogP contribution in [0.3, 0.4) is 0 Å². The van der Waals surface area contributed by atoms with Gasteiger partial charge in [-0.3, -0.25) is 0 Å². The van der Waals surface area contributed by atoms with E-state index >= 15 is 0 Å². The molecule has 1 aromatic carbocycles. The quantitative estimate of drug-likeness (QED) is 0.867. The summed E-state index contributed by atoms with van der Waals surface area (Å²) in [5, 5.41) is 3.47. The number of hydrogen-bond acceptors (Lipinski definition) is 3. The van der Waals surface area contributed by atoms with Gasteiger partial charge >= 0.3 is 0 Å². The van der Waals surface area contributed by atoms with Gasteiger partial charge in [0.05, 0.1) is 19.3 Å². The van der Waals surface area contributed by atoms with Gasteiger partial charge in [0.2, 0.25) is 0 Å². The number of hydrogen-bond donors (Lipinski definition) is 1. The summed E-state index contributed by atoms with van der Waals surface area (Å²) in [5.74, 6) is 0. The number of fused-ring (bicyclic) bond motifs is 1. The molecule has 0 aromatic heterocycles. The number of benzene rings is 1. The second kappa shape index (κ2) is 5.07. The van der Waals surface area contributed by atoms with Crippen LogP contribution in [0.25, 0.3) is 0 Å². The molecule has 1 aromatic rings. The summed E-state index contributed by atoms with van der Waals surface area (Å²) in [5.41, 5.74) is 3.86. The fraction of sp³-hybridized carbons (Fsp3) is 0.571. The van der Waals surface area contributed by atoms with Crippen LogP contribution in [0.15, 0.2) is 18.2 Å². The highest BCUT2D eigenvalue weighted by Crippen LogP contribution is 2.23. The van der Waals surface area contributed by atoms with Crippen LogP contribution in [0, 0.1) is 0 Å². The molecular weight excluding hydrogens is 214 g/mol. The molecule has 1 saturated heterocycles. The Morgan fingerprint density at radius 2 is 2.18 bits per heavy atom. The topological polar surface area (TPSA) is 30.5 Å². The maximum atomic E-state index is 5.60. The lowest BCUT2D eigenvalue weighted by molar-refractivity contribution is 0.107. The zero-order valence-electron chi connectivity index (χ0n) is 10.1. The van der Waals surface area contributed by atoms with Crippen LogP contribution >= 0.6 is 0 Å². The summed E-state index contributed by atoms with van der Waals surface area (Å²) < 4.78 is 11.0. The molecule has 1 N–H and O–H groups in total. The van der Waals surface area contributed by atoms with Crippen LogP contribution in [0.2, 0.25) is 0 Å². The van der Waals surface area contributed by atoms with Gasteiger partial charge in [-0.2, -0.15) is 0 Å². The Bertz CT molecular complexity index is 386. The van der Waals surface area contributed by atoms with E-state index in [9.17, 15) is 0 Å². The van der Waals surface area contributed by atoms with Gasteiger partial charge in [-0.15, -0.1) is 0 Å². The SMILES string of the molecule is c1cc2c(cc1NCCC1CCCO1)COC2. The lowest BCUT2D eigenvalue weighted by Gasteiger charge is -2.11. The summed E-state index contributed by atoms with van der Waals surface area (Å²) in [6, 6.07) is 6.51. The second-order valence-electron chi connectivity index (χ2n) is 4.83. The summed E-state index contributed by atoms with van der Waals surface area (Å²) in [6.45, 7) is 3.47. The highest BCUT2D eigenvalue weighted by atomic mass is 16.5. The van der Waals surface area contributed by atoms with E-state index in [1.807, 2.05) is 0 Å². The molecule has 0 saturated carbocycles. The number of anilines is 1. The largest absolute Gasteiger partial charge is 0.385 e. The molecule has 2 aliphatic heterocycles. The van der Waals surface area contributed by atoms with Gasteiger partial charge in [-0.1, -0.05) is 6.07 Å². The first-order valence-electron chi connectivity index (χ1n) is 6.47. The number of rotatable bonds is 4. The molecule has 2 aliphatic rings. The van der Waals surface area contributed by atoms with Gasteiger partial charge in [-0.05, 0) is 42.5 Å². The van der Waals surface area contributed by atoms with Crippen molar-refractivity contribution in [3.63, 3.8) is 0 Å². The molecule has 0 bridgehead atoms. The van der Waals surface area contributed by atoms with Crippen molar-refractivity contribution in [3.05, 3.63) is 29.3 Å². The number of nitrogens with one attached hydrogen (secondary N) is 1. The zero-order chi connectivity index (χ0) is 11.5. The first-order chi connectivity index (χ1) is 8.42. The van der Waals surface area contributed by atoms with Crippen LogP contribution in [0.1, 0.15) is 30.4 Å². The first-order valence-corrected chi connectivity index (χ1v) is 6.47. The van der Waals surface area contributed by atoms with E-state index in [1.54, 1.807) is 0 Å². The van der Waals surface area contributed by atoms with Gasteiger partial charge in [0, 0.05) is 18.8 Å². The molecule has 0 amide bonds. The van der Waals surface area contributed by atoms with Crippen molar-refractivity contribution in [1.82, 2.24) is 0 Å². The van der Waals surface area contributed by atoms with E-state index in [1.165, 1.54) is 29.7 Å². The molecule has 3 nitrogen and oxygen atoms in total. The van der Waals surface area contributed by atoms with Crippen molar-refractivity contribution in [2.75, 3.05) is 18.5 Å². The Kier molecular flexibility index (Phi) is 3.29. The van der Waals surface area contributed by atoms with Crippen molar-refractivity contribution in [1.29, 1.82) is 0 Å². The minimum Gasteiger partial charge on any atom is -0.385 e. The van der Waals surface area contributed by atoms with Crippen LogP contribution < -0.4 is 5.32 Å². The molecule has 1 unspecified atom stereocenters. The Hall–Kier alpha value is -1.06. The van der Waals surface area contributed by atoms with Crippen LogP contribution in [-0.2, 0) is 22.7 Å². The molecule has 0 radical (unpaired) electrons. The molecule has 1 atom stereocenters. The maximum Gasteiger partial charge on any atom is 0.0725 e. The van der Waals surface area contributed by atoms with E-state index in [-0.39, 0.29) is 0 Å². The predicted molar refractivity (Wildman–Crippen MR) is 67.0 cm³/mol. The highest BCUT2D eigenvalue weighted by molar-refractivity contribution is 5.49. The fourth-order valence-corrected chi connectivity index (χ4v) is 2.53. The summed E-state index contributed by atoms with van der Waals surface area (Å²) in [6.07, 6.45) is 4.02. The lowest BCUT2D eigenvalue weighted by Crippen LogP contribution is -2.12. The molecule has 1 fully saturated rings. The predicted octanol–water partition coefficient (Wildman–Crippen LogP) is 2.70. The molecule has 2 heterocycles. The Labute approximate surface area is 102 Å². The van der Waals surface area contributed by atoms with E-state index < -0.39 is 0 Å². The van der Waals surface area contributed by atoms with Gasteiger partial charge in [0.15, 0.2) is 0 Å². The molecule has 3 rings (SSSR count). The van der Waals surface area contributed by atoms with Crippen molar-refractivity contribution in [2.45, 2.75) is 38.6 Å². The third-order valence-electron chi connectivity index (χ3n) is 3.54. The van der Waals surface area contributed by atoms with E-state index in [4.69, 9.17) is 9.47 Å². The Balaban J connectivity index is 1.51. The molecule has 92 valence electrons. The summed E-state index contributed by atoms with van der Waals surface area (Å²) >= 11 is 0. The average Bonchev–Trinajstić information content (AvgIpc) is 2.98. The van der Waals surface area contributed by atoms with Crippen molar-refractivity contribution in [3.8, 4) is 0 Å². The first kappa shape index (κ1) is 11.1. The second-order valence-corrected chi connectivity index (χ2v) is 4.83. The monoisotopic (exact) mass is 233 g/mol.